The molecule has 0 spiro atoms. The smallest absolute Gasteiger partial charge is 0.289 e. The third kappa shape index (κ3) is 4.56. The van der Waals surface area contributed by atoms with Crippen LogP contribution in [-0.2, 0) is 6.54 Å². The van der Waals surface area contributed by atoms with Crippen molar-refractivity contribution in [1.29, 1.82) is 0 Å². The highest BCUT2D eigenvalue weighted by atomic mass is 16.2. The summed E-state index contributed by atoms with van der Waals surface area (Å²) in [6, 6.07) is 8.89. The number of Topliss-reactive ketones (excluding diaryl/α,β-unsaturated/α-hetero) is 1. The highest BCUT2D eigenvalue weighted by Crippen LogP contribution is 2.18. The second-order valence-electron chi connectivity index (χ2n) is 6.66. The van der Waals surface area contributed by atoms with Gasteiger partial charge in [-0.15, -0.1) is 16.1 Å². The van der Waals surface area contributed by atoms with Crippen molar-refractivity contribution in [3.8, 4) is 11.8 Å². The monoisotopic (exact) mass is 380 g/mol. The average Bonchev–Trinajstić information content (AvgIpc) is 3.14. The SMILES string of the molecule is CC#CCn1c(C(=O)NCC(=O)c2ccccc2)nnc1N1CCCC(N)C1. The minimum Gasteiger partial charge on any atom is -0.342 e. The molecule has 8 nitrogen and oxygen atoms in total. The zero-order chi connectivity index (χ0) is 19.9. The summed E-state index contributed by atoms with van der Waals surface area (Å²) in [4.78, 5) is 26.9. The van der Waals surface area contributed by atoms with E-state index in [2.05, 4.69) is 27.4 Å². The van der Waals surface area contributed by atoms with Gasteiger partial charge in [-0.3, -0.25) is 14.2 Å². The Morgan fingerprint density at radius 2 is 2.07 bits per heavy atom. The van der Waals surface area contributed by atoms with E-state index < -0.39 is 5.91 Å². The van der Waals surface area contributed by atoms with Crippen LogP contribution in [0.2, 0.25) is 0 Å². The predicted octanol–water partition coefficient (Wildman–Crippen LogP) is 0.842. The molecule has 1 aromatic heterocycles. The van der Waals surface area contributed by atoms with Gasteiger partial charge in [0.15, 0.2) is 5.78 Å². The van der Waals surface area contributed by atoms with E-state index in [4.69, 9.17) is 5.73 Å². The van der Waals surface area contributed by atoms with Crippen molar-refractivity contribution in [2.75, 3.05) is 24.5 Å². The summed E-state index contributed by atoms with van der Waals surface area (Å²) in [6.45, 7) is 3.38. The molecule has 0 bridgehead atoms. The lowest BCUT2D eigenvalue weighted by molar-refractivity contribution is 0.0894. The zero-order valence-electron chi connectivity index (χ0n) is 15.9. The molecule has 3 N–H and O–H groups in total. The van der Waals surface area contributed by atoms with Crippen LogP contribution in [0.1, 0.15) is 40.7 Å². The van der Waals surface area contributed by atoms with Crippen LogP contribution < -0.4 is 16.0 Å². The highest BCUT2D eigenvalue weighted by Gasteiger charge is 2.25. The van der Waals surface area contributed by atoms with Crippen molar-refractivity contribution >= 4 is 17.6 Å². The lowest BCUT2D eigenvalue weighted by atomic mass is 10.1. The van der Waals surface area contributed by atoms with Gasteiger partial charge in [-0.1, -0.05) is 36.3 Å². The number of hydrogen-bond donors (Lipinski definition) is 2. The van der Waals surface area contributed by atoms with Crippen molar-refractivity contribution in [2.24, 2.45) is 5.73 Å². The Hall–Kier alpha value is -3.18. The standard InChI is InChI=1S/C20H24N6O2/c1-2-3-12-26-18(23-24-20(26)25-11-7-10-16(21)14-25)19(28)22-13-17(27)15-8-5-4-6-9-15/h4-6,8-9,16H,7,10-14,21H2,1H3,(H,22,28). The van der Waals surface area contributed by atoms with Crippen LogP contribution in [-0.4, -0.2) is 52.1 Å². The molecule has 1 atom stereocenters. The summed E-state index contributed by atoms with van der Waals surface area (Å²) >= 11 is 0. The lowest BCUT2D eigenvalue weighted by Gasteiger charge is -2.31. The van der Waals surface area contributed by atoms with E-state index >= 15 is 0 Å². The first-order valence-electron chi connectivity index (χ1n) is 9.30. The van der Waals surface area contributed by atoms with Gasteiger partial charge in [0.2, 0.25) is 11.8 Å². The number of carbonyl (C=O) groups excluding carboxylic acids is 2. The van der Waals surface area contributed by atoms with E-state index in [0.29, 0.717) is 24.6 Å². The Balaban J connectivity index is 1.75. The molecule has 28 heavy (non-hydrogen) atoms. The molecule has 0 aliphatic carbocycles. The number of hydrogen-bond acceptors (Lipinski definition) is 6. The van der Waals surface area contributed by atoms with Gasteiger partial charge in [-0.25, -0.2) is 0 Å². The first kappa shape index (κ1) is 19.6. The molecular formula is C20H24N6O2. The van der Waals surface area contributed by atoms with Crippen molar-refractivity contribution < 1.29 is 9.59 Å². The molecular weight excluding hydrogens is 356 g/mol. The average molecular weight is 380 g/mol. The van der Waals surface area contributed by atoms with Crippen LogP contribution in [0.25, 0.3) is 0 Å². The molecule has 1 aromatic carbocycles. The van der Waals surface area contributed by atoms with E-state index in [1.165, 1.54) is 0 Å². The summed E-state index contributed by atoms with van der Waals surface area (Å²) in [6.07, 6.45) is 1.93. The Kier molecular flexibility index (Phi) is 6.40. The van der Waals surface area contributed by atoms with Crippen LogP contribution in [0.4, 0.5) is 5.95 Å². The molecule has 0 radical (unpaired) electrons. The summed E-state index contributed by atoms with van der Waals surface area (Å²) < 4.78 is 1.68. The van der Waals surface area contributed by atoms with E-state index in [1.807, 2.05) is 11.0 Å². The number of anilines is 1. The number of aromatic nitrogens is 3. The van der Waals surface area contributed by atoms with Gasteiger partial charge in [0.1, 0.15) is 0 Å². The molecule has 8 heteroatoms. The van der Waals surface area contributed by atoms with Crippen molar-refractivity contribution in [3.05, 3.63) is 41.7 Å². The summed E-state index contributed by atoms with van der Waals surface area (Å²) in [5.41, 5.74) is 6.62. The first-order chi connectivity index (χ1) is 13.6. The van der Waals surface area contributed by atoms with Crippen LogP contribution in [0.5, 0.6) is 0 Å². The Morgan fingerprint density at radius 1 is 1.29 bits per heavy atom. The molecule has 2 aromatic rings. The largest absolute Gasteiger partial charge is 0.342 e. The molecule has 2 heterocycles. The van der Waals surface area contributed by atoms with Crippen LogP contribution >= 0.6 is 0 Å². The fourth-order valence-electron chi connectivity index (χ4n) is 3.16. The molecule has 1 unspecified atom stereocenters. The molecule has 146 valence electrons. The minimum absolute atomic E-state index is 0.0666. The summed E-state index contributed by atoms with van der Waals surface area (Å²) in [5.74, 6) is 5.87. The maximum atomic E-state index is 12.6. The van der Waals surface area contributed by atoms with Crippen molar-refractivity contribution in [3.63, 3.8) is 0 Å². The molecule has 1 aliphatic heterocycles. The van der Waals surface area contributed by atoms with E-state index in [-0.39, 0.29) is 24.2 Å². The number of ketones is 1. The fraction of sp³-hybridized carbons (Fsp3) is 0.400. The zero-order valence-corrected chi connectivity index (χ0v) is 15.9. The quantitative estimate of drug-likeness (QED) is 0.568. The highest BCUT2D eigenvalue weighted by molar-refractivity contribution is 6.01. The topological polar surface area (TPSA) is 106 Å². The van der Waals surface area contributed by atoms with Gasteiger partial charge >= 0.3 is 0 Å². The van der Waals surface area contributed by atoms with Gasteiger partial charge in [-0.2, -0.15) is 0 Å². The normalized spacial score (nSPS) is 16.2. The third-order valence-electron chi connectivity index (χ3n) is 4.59. The third-order valence-corrected chi connectivity index (χ3v) is 4.59. The van der Waals surface area contributed by atoms with E-state index in [0.717, 1.165) is 19.4 Å². The molecule has 1 fully saturated rings. The second-order valence-corrected chi connectivity index (χ2v) is 6.66. The van der Waals surface area contributed by atoms with E-state index in [1.54, 1.807) is 35.8 Å². The Morgan fingerprint density at radius 3 is 2.79 bits per heavy atom. The maximum Gasteiger partial charge on any atom is 0.289 e. The van der Waals surface area contributed by atoms with Gasteiger partial charge < -0.3 is 16.0 Å². The maximum absolute atomic E-state index is 12.6. The van der Waals surface area contributed by atoms with Crippen LogP contribution in [0.15, 0.2) is 30.3 Å². The number of piperidine rings is 1. The molecule has 1 amide bonds. The number of benzene rings is 1. The van der Waals surface area contributed by atoms with Crippen LogP contribution in [0.3, 0.4) is 0 Å². The number of nitrogens with one attached hydrogen (secondary N) is 1. The number of rotatable bonds is 6. The number of nitrogens with two attached hydrogens (primary N) is 1. The Labute approximate surface area is 164 Å². The lowest BCUT2D eigenvalue weighted by Crippen LogP contribution is -2.44. The number of amides is 1. The van der Waals surface area contributed by atoms with Gasteiger partial charge in [0.25, 0.3) is 5.91 Å². The van der Waals surface area contributed by atoms with Crippen molar-refractivity contribution in [1.82, 2.24) is 20.1 Å². The number of nitrogens with zero attached hydrogens (tertiary/aromatic N) is 4. The fourth-order valence-corrected chi connectivity index (χ4v) is 3.16. The summed E-state index contributed by atoms with van der Waals surface area (Å²) in [5, 5.41) is 10.9. The Bertz CT molecular complexity index is 896. The molecule has 1 aliphatic rings. The predicted molar refractivity (Wildman–Crippen MR) is 106 cm³/mol. The van der Waals surface area contributed by atoms with Gasteiger partial charge in [-0.05, 0) is 19.8 Å². The molecule has 3 rings (SSSR count). The minimum atomic E-state index is -0.456. The second kappa shape index (κ2) is 9.15. The summed E-state index contributed by atoms with van der Waals surface area (Å²) in [7, 11) is 0. The molecule has 0 saturated carbocycles. The number of carbonyl (C=O) groups is 2. The van der Waals surface area contributed by atoms with Gasteiger partial charge in [0, 0.05) is 24.7 Å². The van der Waals surface area contributed by atoms with Crippen LogP contribution in [0, 0.1) is 11.8 Å². The van der Waals surface area contributed by atoms with Crippen molar-refractivity contribution in [2.45, 2.75) is 32.4 Å². The molecule has 1 saturated heterocycles. The van der Waals surface area contributed by atoms with Gasteiger partial charge in [0.05, 0.1) is 13.1 Å². The first-order valence-corrected chi connectivity index (χ1v) is 9.30. The van der Waals surface area contributed by atoms with E-state index in [9.17, 15) is 9.59 Å².